The van der Waals surface area contributed by atoms with Crippen LogP contribution in [0.4, 0.5) is 0 Å². The van der Waals surface area contributed by atoms with Gasteiger partial charge in [0.2, 0.25) is 5.78 Å². The van der Waals surface area contributed by atoms with Crippen molar-refractivity contribution in [3.8, 4) is 5.75 Å². The zero-order valence-electron chi connectivity index (χ0n) is 26.5. The molecule has 0 fully saturated rings. The average Bonchev–Trinajstić information content (AvgIpc) is 2.92. The largest absolute Gasteiger partial charge is 0.511 e. The van der Waals surface area contributed by atoms with E-state index in [1.807, 2.05) is 32.9 Å². The lowest BCUT2D eigenvalue weighted by Crippen LogP contribution is -2.67. The van der Waals surface area contributed by atoms with Crippen molar-refractivity contribution in [2.45, 2.75) is 79.8 Å². The molecule has 0 saturated carbocycles. The van der Waals surface area contributed by atoms with Crippen molar-refractivity contribution in [1.29, 1.82) is 0 Å². The summed E-state index contributed by atoms with van der Waals surface area (Å²) >= 11 is 0. The second kappa shape index (κ2) is 10.6. The highest BCUT2D eigenvalue weighted by Crippen LogP contribution is 2.65. The summed E-state index contributed by atoms with van der Waals surface area (Å²) in [5.41, 5.74) is -0.694. The van der Waals surface area contributed by atoms with Crippen molar-refractivity contribution in [2.24, 2.45) is 22.7 Å². The summed E-state index contributed by atoms with van der Waals surface area (Å²) in [5.74, 6) is -5.15. The van der Waals surface area contributed by atoms with Gasteiger partial charge in [-0.2, -0.15) is 0 Å². The number of fused-ring (bicyclic) bond motifs is 3. The standard InChI is InChI=1S/C37H42O7/c1-8-22-11-9-12-23(20(22)4)13-10-14-24-15-16-26(39)28-25(24)17-35(6)18-36(7)29(19(2)3)31(40)27(21(5)38)33(42)37(36,44)34(43)30(35)32(28)41/h9-12,14-16,19,29,39-40,43-44H,8,13,17-18H2,1-7H3/b14-10-/t29?,35-,36-,37+/m1/s1. The van der Waals surface area contributed by atoms with E-state index >= 15 is 0 Å². The smallest absolute Gasteiger partial charge is 0.209 e. The summed E-state index contributed by atoms with van der Waals surface area (Å²) < 4.78 is 0. The van der Waals surface area contributed by atoms with E-state index in [9.17, 15) is 34.8 Å². The molecule has 0 amide bonds. The van der Waals surface area contributed by atoms with Crippen molar-refractivity contribution < 1.29 is 34.8 Å². The predicted molar refractivity (Wildman–Crippen MR) is 169 cm³/mol. The average molecular weight is 599 g/mol. The van der Waals surface area contributed by atoms with Crippen LogP contribution in [0.2, 0.25) is 0 Å². The van der Waals surface area contributed by atoms with Gasteiger partial charge in [0, 0.05) is 22.3 Å². The molecule has 2 aromatic rings. The fourth-order valence-corrected chi connectivity index (χ4v) is 8.56. The molecular weight excluding hydrogens is 556 g/mol. The van der Waals surface area contributed by atoms with Gasteiger partial charge in [-0.1, -0.05) is 71.0 Å². The summed E-state index contributed by atoms with van der Waals surface area (Å²) in [6.45, 7) is 12.4. The van der Waals surface area contributed by atoms with Gasteiger partial charge in [0.25, 0.3) is 0 Å². The fraction of sp³-hybridized carbons (Fsp3) is 0.432. The number of ketones is 3. The first-order chi connectivity index (χ1) is 20.5. The van der Waals surface area contributed by atoms with Gasteiger partial charge in [-0.3, -0.25) is 14.4 Å². The summed E-state index contributed by atoms with van der Waals surface area (Å²) in [6, 6.07) is 9.47. The first-order valence-corrected chi connectivity index (χ1v) is 15.3. The zero-order valence-corrected chi connectivity index (χ0v) is 26.5. The van der Waals surface area contributed by atoms with Gasteiger partial charge in [0.15, 0.2) is 17.2 Å². The Bertz CT molecular complexity index is 1710. The van der Waals surface area contributed by atoms with E-state index in [-0.39, 0.29) is 35.6 Å². The molecule has 0 radical (unpaired) electrons. The molecule has 3 aliphatic rings. The Hall–Kier alpha value is -3.97. The number of Topliss-reactive ketones (excluding diaryl/α,β-unsaturated/α-hetero) is 3. The Morgan fingerprint density at radius 2 is 1.73 bits per heavy atom. The number of aliphatic hydroxyl groups is 3. The number of rotatable bonds is 6. The maximum atomic E-state index is 14.2. The van der Waals surface area contributed by atoms with Gasteiger partial charge in [0.05, 0.1) is 5.56 Å². The number of benzene rings is 2. The van der Waals surface area contributed by atoms with E-state index in [4.69, 9.17) is 0 Å². The fourth-order valence-electron chi connectivity index (χ4n) is 8.56. The minimum Gasteiger partial charge on any atom is -0.511 e. The third-order valence-corrected chi connectivity index (χ3v) is 10.5. The molecule has 0 saturated heterocycles. The maximum absolute atomic E-state index is 14.2. The molecule has 7 nitrogen and oxygen atoms in total. The Balaban J connectivity index is 1.66. The van der Waals surface area contributed by atoms with Gasteiger partial charge < -0.3 is 20.4 Å². The quantitative estimate of drug-likeness (QED) is 0.280. The molecule has 7 heteroatoms. The van der Waals surface area contributed by atoms with Crippen LogP contribution in [0.3, 0.4) is 0 Å². The SMILES string of the molecule is CCc1cccc(C/C=C\c2ccc(O)c3c2C[C@]2(C)C[C@]4(C)C(C(C)C)C(O)=C(C(C)=O)C(=O)[C@]4(O)C(O)=C2C3=O)c1C. The molecule has 1 unspecified atom stereocenters. The molecule has 0 spiro atoms. The van der Waals surface area contributed by atoms with Gasteiger partial charge >= 0.3 is 0 Å². The van der Waals surface area contributed by atoms with E-state index in [1.54, 1.807) is 13.0 Å². The lowest BCUT2D eigenvalue weighted by Gasteiger charge is -2.59. The van der Waals surface area contributed by atoms with E-state index in [0.717, 1.165) is 18.9 Å². The molecule has 232 valence electrons. The summed E-state index contributed by atoms with van der Waals surface area (Å²) in [5, 5.41) is 46.2. The molecule has 2 aromatic carbocycles. The van der Waals surface area contributed by atoms with Crippen molar-refractivity contribution in [2.75, 3.05) is 0 Å². The monoisotopic (exact) mass is 598 g/mol. The van der Waals surface area contributed by atoms with Crippen LogP contribution in [0.5, 0.6) is 5.75 Å². The minimum atomic E-state index is -2.62. The molecule has 0 heterocycles. The Kier molecular flexibility index (Phi) is 7.57. The number of aromatic hydroxyl groups is 1. The van der Waals surface area contributed by atoms with E-state index in [0.29, 0.717) is 12.0 Å². The number of phenolic OH excluding ortho intramolecular Hbond substituents is 1. The third-order valence-electron chi connectivity index (χ3n) is 10.5. The van der Waals surface area contributed by atoms with Gasteiger partial charge in [-0.15, -0.1) is 0 Å². The zero-order chi connectivity index (χ0) is 32.5. The van der Waals surface area contributed by atoms with Crippen LogP contribution >= 0.6 is 0 Å². The minimum absolute atomic E-state index is 0.0244. The lowest BCUT2D eigenvalue weighted by atomic mass is 9.44. The van der Waals surface area contributed by atoms with Crippen molar-refractivity contribution >= 4 is 23.4 Å². The molecule has 0 aromatic heterocycles. The van der Waals surface area contributed by atoms with Crippen LogP contribution in [0.1, 0.15) is 86.1 Å². The maximum Gasteiger partial charge on any atom is 0.209 e. The number of aryl methyl sites for hydroxylation is 1. The number of hydrogen-bond donors (Lipinski definition) is 4. The number of hydrogen-bond acceptors (Lipinski definition) is 7. The summed E-state index contributed by atoms with van der Waals surface area (Å²) in [7, 11) is 0. The normalized spacial score (nSPS) is 28.4. The van der Waals surface area contributed by atoms with Crippen molar-refractivity contribution in [3.05, 3.63) is 92.5 Å². The van der Waals surface area contributed by atoms with Gasteiger partial charge in [0.1, 0.15) is 22.8 Å². The summed E-state index contributed by atoms with van der Waals surface area (Å²) in [4.78, 5) is 40.6. The Morgan fingerprint density at radius 3 is 2.34 bits per heavy atom. The van der Waals surface area contributed by atoms with E-state index in [1.165, 1.54) is 22.8 Å². The van der Waals surface area contributed by atoms with Crippen LogP contribution in [-0.4, -0.2) is 43.4 Å². The molecule has 3 aliphatic carbocycles. The Labute approximate surface area is 258 Å². The third kappa shape index (κ3) is 4.23. The number of phenols is 1. The number of allylic oxidation sites excluding steroid dienone is 3. The highest BCUT2D eigenvalue weighted by atomic mass is 16.3. The second-order valence-electron chi connectivity index (χ2n) is 13.7. The topological polar surface area (TPSA) is 132 Å². The highest BCUT2D eigenvalue weighted by Gasteiger charge is 2.71. The number of carbonyl (C=O) groups excluding carboxylic acids is 3. The molecule has 0 aliphatic heterocycles. The lowest BCUT2D eigenvalue weighted by molar-refractivity contribution is -0.171. The van der Waals surface area contributed by atoms with Crippen LogP contribution in [0.25, 0.3) is 6.08 Å². The number of carbonyl (C=O) groups is 3. The van der Waals surface area contributed by atoms with Crippen molar-refractivity contribution in [1.82, 2.24) is 0 Å². The number of aliphatic hydroxyl groups excluding tert-OH is 2. The molecule has 44 heavy (non-hydrogen) atoms. The molecule has 5 rings (SSSR count). The van der Waals surface area contributed by atoms with Crippen LogP contribution in [0.15, 0.2) is 59.1 Å². The van der Waals surface area contributed by atoms with E-state index in [2.05, 4.69) is 32.0 Å². The second-order valence-corrected chi connectivity index (χ2v) is 13.7. The Morgan fingerprint density at radius 1 is 1.07 bits per heavy atom. The van der Waals surface area contributed by atoms with Crippen LogP contribution in [-0.2, 0) is 28.9 Å². The van der Waals surface area contributed by atoms with Crippen LogP contribution < -0.4 is 0 Å². The molecule has 4 N–H and O–H groups in total. The first kappa shape index (κ1) is 31.5. The molecule has 0 bridgehead atoms. The van der Waals surface area contributed by atoms with Crippen molar-refractivity contribution in [3.63, 3.8) is 0 Å². The first-order valence-electron chi connectivity index (χ1n) is 15.3. The van der Waals surface area contributed by atoms with Gasteiger partial charge in [-0.05, 0) is 79.3 Å². The predicted octanol–water partition coefficient (Wildman–Crippen LogP) is 6.47. The highest BCUT2D eigenvalue weighted by molar-refractivity contribution is 6.25. The molecular formula is C37H42O7. The van der Waals surface area contributed by atoms with Gasteiger partial charge in [-0.25, -0.2) is 0 Å². The van der Waals surface area contributed by atoms with Crippen LogP contribution in [0, 0.1) is 29.6 Å². The summed E-state index contributed by atoms with van der Waals surface area (Å²) in [6.07, 6.45) is 5.90. The van der Waals surface area contributed by atoms with E-state index < -0.39 is 56.8 Å². The molecule has 4 atom stereocenters.